The smallest absolute Gasteiger partial charge is 0.408 e. The number of carbonyl (C=O) groups is 4. The molecular weight excluding hydrogens is 442 g/mol. The quantitative estimate of drug-likeness (QED) is 0.403. The summed E-state index contributed by atoms with van der Waals surface area (Å²) in [4.78, 5) is 53.0. The molecule has 2 heterocycles. The lowest BCUT2D eigenvalue weighted by Crippen LogP contribution is -2.56. The third kappa shape index (κ3) is 6.08. The highest BCUT2D eigenvalue weighted by molar-refractivity contribution is 5.96. The minimum Gasteiger partial charge on any atom is -0.467 e. The summed E-state index contributed by atoms with van der Waals surface area (Å²) in [5.74, 6) is -1.67. The number of fused-ring (bicyclic) bond motifs is 2. The highest BCUT2D eigenvalue weighted by Gasteiger charge is 2.62. The van der Waals surface area contributed by atoms with Crippen molar-refractivity contribution in [3.63, 3.8) is 0 Å². The molecule has 0 aromatic rings. The monoisotopic (exact) mass is 479 g/mol. The van der Waals surface area contributed by atoms with Crippen LogP contribution in [0, 0.1) is 5.92 Å². The number of aliphatic hydroxyl groups excluding tert-OH is 1. The fraction of sp³-hybridized carbons (Fsp3) is 0.750. The fourth-order valence-electron chi connectivity index (χ4n) is 4.70. The van der Waals surface area contributed by atoms with Crippen LogP contribution in [0.1, 0.15) is 65.7 Å². The number of methoxy groups -OCH3 is 1. The summed E-state index contributed by atoms with van der Waals surface area (Å²) in [6.07, 6.45) is 6.45. The number of esters is 1. The summed E-state index contributed by atoms with van der Waals surface area (Å²) >= 11 is 0. The van der Waals surface area contributed by atoms with Crippen molar-refractivity contribution in [1.29, 1.82) is 0 Å². The van der Waals surface area contributed by atoms with E-state index in [4.69, 9.17) is 9.47 Å². The molecule has 0 unspecified atom stereocenters. The van der Waals surface area contributed by atoms with Crippen molar-refractivity contribution < 1.29 is 33.8 Å². The van der Waals surface area contributed by atoms with Crippen LogP contribution < -0.4 is 10.6 Å². The van der Waals surface area contributed by atoms with Crippen LogP contribution in [-0.2, 0) is 23.9 Å². The molecule has 0 aromatic carbocycles. The van der Waals surface area contributed by atoms with Crippen LogP contribution in [0.3, 0.4) is 0 Å². The van der Waals surface area contributed by atoms with Gasteiger partial charge in [0.15, 0.2) is 0 Å². The maximum absolute atomic E-state index is 13.5. The molecule has 34 heavy (non-hydrogen) atoms. The fourth-order valence-corrected chi connectivity index (χ4v) is 4.70. The largest absolute Gasteiger partial charge is 0.467 e. The van der Waals surface area contributed by atoms with Gasteiger partial charge in [0.1, 0.15) is 23.2 Å². The van der Waals surface area contributed by atoms with Crippen molar-refractivity contribution in [1.82, 2.24) is 15.5 Å². The Morgan fingerprint density at radius 1 is 1.24 bits per heavy atom. The topological polar surface area (TPSA) is 134 Å². The number of nitrogens with zero attached hydrogens (tertiary/aromatic N) is 1. The highest BCUT2D eigenvalue weighted by Crippen LogP contribution is 2.46. The van der Waals surface area contributed by atoms with Crippen molar-refractivity contribution in [3.8, 4) is 0 Å². The molecule has 2 aliphatic heterocycles. The summed E-state index contributed by atoms with van der Waals surface area (Å²) < 4.78 is 10.3. The predicted molar refractivity (Wildman–Crippen MR) is 123 cm³/mol. The molecule has 3 N–H and O–H groups in total. The number of aliphatic hydroxyl groups is 1. The molecule has 5 atom stereocenters. The Bertz CT molecular complexity index is 837. The summed E-state index contributed by atoms with van der Waals surface area (Å²) in [6.45, 7) is 5.17. The molecular formula is C24H37N3O7. The van der Waals surface area contributed by atoms with Gasteiger partial charge >= 0.3 is 12.1 Å². The molecule has 190 valence electrons. The van der Waals surface area contributed by atoms with Gasteiger partial charge in [-0.1, -0.05) is 25.0 Å². The van der Waals surface area contributed by atoms with Gasteiger partial charge in [0.25, 0.3) is 0 Å². The van der Waals surface area contributed by atoms with Crippen molar-refractivity contribution in [2.75, 3.05) is 13.7 Å². The van der Waals surface area contributed by atoms with E-state index in [1.807, 2.05) is 12.2 Å². The van der Waals surface area contributed by atoms with Crippen molar-refractivity contribution in [2.45, 2.75) is 95.0 Å². The van der Waals surface area contributed by atoms with Crippen LogP contribution in [0.15, 0.2) is 12.2 Å². The molecule has 3 rings (SSSR count). The molecule has 10 heteroatoms. The Morgan fingerprint density at radius 2 is 1.97 bits per heavy atom. The van der Waals surface area contributed by atoms with Gasteiger partial charge in [-0.05, 0) is 46.5 Å². The molecule has 3 amide bonds. The molecule has 3 aliphatic rings. The van der Waals surface area contributed by atoms with Gasteiger partial charge < -0.3 is 30.1 Å². The Balaban J connectivity index is 1.84. The van der Waals surface area contributed by atoms with Crippen molar-refractivity contribution in [2.24, 2.45) is 5.92 Å². The zero-order valence-corrected chi connectivity index (χ0v) is 20.5. The molecule has 0 radical (unpaired) electrons. The Morgan fingerprint density at radius 3 is 2.65 bits per heavy atom. The van der Waals surface area contributed by atoms with Gasteiger partial charge in [-0.25, -0.2) is 9.59 Å². The lowest BCUT2D eigenvalue weighted by Gasteiger charge is -2.30. The second-order valence-corrected chi connectivity index (χ2v) is 10.4. The van der Waals surface area contributed by atoms with Gasteiger partial charge in [0.05, 0.1) is 13.2 Å². The predicted octanol–water partition coefficient (Wildman–Crippen LogP) is 1.41. The lowest BCUT2D eigenvalue weighted by atomic mass is 10.0. The van der Waals surface area contributed by atoms with E-state index in [2.05, 4.69) is 10.6 Å². The SMILES string of the molecule is COC(=O)[C@@]12C[C@H]1/C=C\CCCCC[C@H](NC(=O)OC(C)(C)C)C(=O)N1C[C@@H](O)C[C@H]1C(=O)N2. The van der Waals surface area contributed by atoms with Crippen molar-refractivity contribution in [3.05, 3.63) is 12.2 Å². The normalized spacial score (nSPS) is 33.4. The Labute approximate surface area is 200 Å². The molecule has 1 saturated carbocycles. The van der Waals surface area contributed by atoms with Gasteiger partial charge in [0, 0.05) is 18.9 Å². The number of hydrogen-bond donors (Lipinski definition) is 3. The summed E-state index contributed by atoms with van der Waals surface area (Å²) in [6, 6.07) is -1.85. The zero-order valence-electron chi connectivity index (χ0n) is 20.5. The van der Waals surface area contributed by atoms with Crippen molar-refractivity contribution >= 4 is 23.9 Å². The number of alkyl carbamates (subject to hydrolysis) is 1. The maximum atomic E-state index is 13.5. The third-order valence-electron chi connectivity index (χ3n) is 6.50. The minimum atomic E-state index is -1.15. The van der Waals surface area contributed by atoms with Gasteiger partial charge in [0.2, 0.25) is 11.8 Å². The van der Waals surface area contributed by atoms with E-state index < -0.39 is 53.2 Å². The Hall–Kier alpha value is -2.62. The van der Waals surface area contributed by atoms with Crippen LogP contribution in [-0.4, -0.2) is 76.9 Å². The van der Waals surface area contributed by atoms with E-state index in [9.17, 15) is 24.3 Å². The number of rotatable bonds is 2. The van der Waals surface area contributed by atoms with Crippen LogP contribution in [0.5, 0.6) is 0 Å². The number of amides is 3. The number of carbonyl (C=O) groups excluding carboxylic acids is 4. The zero-order chi connectivity index (χ0) is 25.1. The van der Waals surface area contributed by atoms with Gasteiger partial charge in [-0.3, -0.25) is 9.59 Å². The first-order chi connectivity index (χ1) is 16.0. The first-order valence-corrected chi connectivity index (χ1v) is 12.0. The first-order valence-electron chi connectivity index (χ1n) is 12.0. The van der Waals surface area contributed by atoms with E-state index in [0.717, 1.165) is 19.3 Å². The lowest BCUT2D eigenvalue weighted by molar-refractivity contribution is -0.148. The maximum Gasteiger partial charge on any atom is 0.408 e. The van der Waals surface area contributed by atoms with Crippen LogP contribution in [0.2, 0.25) is 0 Å². The molecule has 2 fully saturated rings. The van der Waals surface area contributed by atoms with E-state index >= 15 is 0 Å². The van der Waals surface area contributed by atoms with Crippen LogP contribution in [0.25, 0.3) is 0 Å². The summed E-state index contributed by atoms with van der Waals surface area (Å²) in [5.41, 5.74) is -1.88. The molecule has 0 bridgehead atoms. The third-order valence-corrected chi connectivity index (χ3v) is 6.50. The van der Waals surface area contributed by atoms with E-state index in [-0.39, 0.29) is 18.9 Å². The first kappa shape index (κ1) is 26.0. The Kier molecular flexibility index (Phi) is 7.90. The second kappa shape index (κ2) is 10.3. The number of allylic oxidation sites excluding steroid dienone is 1. The van der Waals surface area contributed by atoms with Gasteiger partial charge in [-0.2, -0.15) is 0 Å². The van der Waals surface area contributed by atoms with Crippen LogP contribution >= 0.6 is 0 Å². The molecule has 1 aliphatic carbocycles. The average molecular weight is 480 g/mol. The average Bonchev–Trinajstić information content (AvgIpc) is 3.29. The number of nitrogens with one attached hydrogen (secondary N) is 2. The molecule has 0 spiro atoms. The van der Waals surface area contributed by atoms with E-state index in [0.29, 0.717) is 19.3 Å². The second-order valence-electron chi connectivity index (χ2n) is 10.4. The number of ether oxygens (including phenoxy) is 2. The summed E-state index contributed by atoms with van der Waals surface area (Å²) in [7, 11) is 1.28. The minimum absolute atomic E-state index is 0.0298. The van der Waals surface area contributed by atoms with E-state index in [1.165, 1.54) is 12.0 Å². The molecule has 0 aromatic heterocycles. The standard InChI is InChI=1S/C24H37N3O7/c1-23(2,3)34-22(32)25-17-11-9-7-5-6-8-10-15-13-24(15,21(31)33-4)26-19(29)18-12-16(28)14-27(18)20(17)30/h8,10,15-18,28H,5-7,9,11-14H2,1-4H3,(H,25,32)(H,26,29)/b10-8-/t15-,16+,17+,18+,24-/m1/s1. The summed E-state index contributed by atoms with van der Waals surface area (Å²) in [5, 5.41) is 15.7. The molecule has 10 nitrogen and oxygen atoms in total. The van der Waals surface area contributed by atoms with Crippen LogP contribution in [0.4, 0.5) is 4.79 Å². The highest BCUT2D eigenvalue weighted by atomic mass is 16.6. The number of hydrogen-bond acceptors (Lipinski definition) is 7. The van der Waals surface area contributed by atoms with E-state index in [1.54, 1.807) is 20.8 Å². The van der Waals surface area contributed by atoms with Gasteiger partial charge in [-0.15, -0.1) is 0 Å². The molecule has 1 saturated heterocycles.